The summed E-state index contributed by atoms with van der Waals surface area (Å²) in [5.41, 5.74) is 0.0323. The first kappa shape index (κ1) is 13.4. The Balaban J connectivity index is 2.10. The molecular formula is C12H11F4N3. The lowest BCUT2D eigenvalue weighted by molar-refractivity contribution is 0.458. The Morgan fingerprint density at radius 3 is 2.32 bits per heavy atom. The minimum Gasteiger partial charge on any atom is -0.380 e. The average molecular weight is 273 g/mol. The normalized spacial score (nSPS) is 10.8. The Labute approximate surface area is 106 Å². The van der Waals surface area contributed by atoms with Gasteiger partial charge in [0.1, 0.15) is 5.69 Å². The molecule has 1 aromatic carbocycles. The van der Waals surface area contributed by atoms with Gasteiger partial charge in [0.15, 0.2) is 23.3 Å². The highest BCUT2D eigenvalue weighted by molar-refractivity contribution is 5.47. The molecule has 0 aliphatic rings. The molecular weight excluding hydrogens is 262 g/mol. The highest BCUT2D eigenvalue weighted by Crippen LogP contribution is 2.23. The first-order chi connectivity index (χ1) is 9.00. The van der Waals surface area contributed by atoms with Gasteiger partial charge in [-0.2, -0.15) is 5.10 Å². The number of hydrogen-bond donors (Lipinski definition) is 1. The predicted octanol–water partition coefficient (Wildman–Crippen LogP) is 2.63. The largest absolute Gasteiger partial charge is 0.380 e. The lowest BCUT2D eigenvalue weighted by Crippen LogP contribution is -2.12. The van der Waals surface area contributed by atoms with Crippen molar-refractivity contribution in [2.45, 2.75) is 6.42 Å². The van der Waals surface area contributed by atoms with Crippen molar-refractivity contribution in [1.82, 2.24) is 9.78 Å². The summed E-state index contributed by atoms with van der Waals surface area (Å²) in [6.07, 6.45) is 1.99. The molecule has 0 fully saturated rings. The van der Waals surface area contributed by atoms with E-state index in [4.69, 9.17) is 0 Å². The maximum atomic E-state index is 13.3. The van der Waals surface area contributed by atoms with Crippen LogP contribution in [0.3, 0.4) is 0 Å². The second-order valence-electron chi connectivity index (χ2n) is 3.97. The third kappa shape index (κ3) is 2.69. The Bertz CT molecular complexity index is 569. The molecule has 1 heterocycles. The van der Waals surface area contributed by atoms with E-state index in [0.29, 0.717) is 6.42 Å². The predicted molar refractivity (Wildman–Crippen MR) is 61.7 cm³/mol. The summed E-state index contributed by atoms with van der Waals surface area (Å²) in [7, 11) is 1.72. The molecule has 0 radical (unpaired) electrons. The smallest absolute Gasteiger partial charge is 0.185 e. The third-order valence-electron chi connectivity index (χ3n) is 2.72. The highest BCUT2D eigenvalue weighted by atomic mass is 19.2. The van der Waals surface area contributed by atoms with Crippen LogP contribution in [0.5, 0.6) is 0 Å². The molecule has 19 heavy (non-hydrogen) atoms. The summed E-state index contributed by atoms with van der Waals surface area (Å²) in [6.45, 7) is 0.121. The minimum atomic E-state index is -1.43. The van der Waals surface area contributed by atoms with Gasteiger partial charge in [-0.1, -0.05) is 0 Å². The van der Waals surface area contributed by atoms with Crippen molar-refractivity contribution in [1.29, 1.82) is 0 Å². The van der Waals surface area contributed by atoms with Crippen LogP contribution in [0, 0.1) is 23.3 Å². The SMILES string of the molecule is Cn1nccc1CCNc1c(F)c(F)cc(F)c1F. The van der Waals surface area contributed by atoms with Crippen LogP contribution in [-0.4, -0.2) is 16.3 Å². The quantitative estimate of drug-likeness (QED) is 0.685. The summed E-state index contributed by atoms with van der Waals surface area (Å²) in [5.74, 6) is -5.71. The Morgan fingerprint density at radius 2 is 1.79 bits per heavy atom. The van der Waals surface area contributed by atoms with Gasteiger partial charge in [0.2, 0.25) is 0 Å². The number of nitrogens with one attached hydrogen (secondary N) is 1. The molecule has 0 spiro atoms. The van der Waals surface area contributed by atoms with Crippen molar-refractivity contribution in [3.05, 3.63) is 47.3 Å². The fourth-order valence-electron chi connectivity index (χ4n) is 1.69. The molecule has 1 aromatic heterocycles. The number of aromatic nitrogens is 2. The van der Waals surface area contributed by atoms with Crippen molar-refractivity contribution in [3.8, 4) is 0 Å². The lowest BCUT2D eigenvalue weighted by Gasteiger charge is -2.10. The molecule has 0 unspecified atom stereocenters. The maximum Gasteiger partial charge on any atom is 0.185 e. The van der Waals surface area contributed by atoms with Crippen LogP contribution in [0.4, 0.5) is 23.2 Å². The van der Waals surface area contributed by atoms with Crippen LogP contribution >= 0.6 is 0 Å². The van der Waals surface area contributed by atoms with E-state index < -0.39 is 29.0 Å². The van der Waals surface area contributed by atoms with Gasteiger partial charge < -0.3 is 5.32 Å². The Morgan fingerprint density at radius 1 is 1.16 bits per heavy atom. The number of rotatable bonds is 4. The van der Waals surface area contributed by atoms with Gasteiger partial charge in [0, 0.05) is 38.0 Å². The molecule has 102 valence electrons. The van der Waals surface area contributed by atoms with E-state index in [9.17, 15) is 17.6 Å². The Kier molecular flexibility index (Phi) is 3.73. The van der Waals surface area contributed by atoms with Crippen molar-refractivity contribution in [2.75, 3.05) is 11.9 Å². The molecule has 2 rings (SSSR count). The van der Waals surface area contributed by atoms with Crippen LogP contribution in [0.25, 0.3) is 0 Å². The van der Waals surface area contributed by atoms with Gasteiger partial charge in [-0.25, -0.2) is 17.6 Å². The number of hydrogen-bond acceptors (Lipinski definition) is 2. The molecule has 0 aliphatic heterocycles. The molecule has 0 bridgehead atoms. The van der Waals surface area contributed by atoms with E-state index in [1.54, 1.807) is 24.0 Å². The summed E-state index contributed by atoms with van der Waals surface area (Å²) < 4.78 is 54.1. The fourth-order valence-corrected chi connectivity index (χ4v) is 1.69. The van der Waals surface area contributed by atoms with Gasteiger partial charge in [-0.3, -0.25) is 4.68 Å². The summed E-state index contributed by atoms with van der Waals surface area (Å²) >= 11 is 0. The number of benzene rings is 1. The second-order valence-corrected chi connectivity index (χ2v) is 3.97. The third-order valence-corrected chi connectivity index (χ3v) is 2.72. The van der Waals surface area contributed by atoms with Gasteiger partial charge in [0.25, 0.3) is 0 Å². The molecule has 0 saturated carbocycles. The average Bonchev–Trinajstić information content (AvgIpc) is 2.77. The van der Waals surface area contributed by atoms with E-state index in [-0.39, 0.29) is 12.6 Å². The van der Waals surface area contributed by atoms with E-state index in [1.807, 2.05) is 0 Å². The molecule has 3 nitrogen and oxygen atoms in total. The minimum absolute atomic E-state index is 0.121. The molecule has 0 saturated heterocycles. The first-order valence-electron chi connectivity index (χ1n) is 5.54. The molecule has 0 amide bonds. The summed E-state index contributed by atoms with van der Waals surface area (Å²) in [6, 6.07) is 1.91. The fraction of sp³-hybridized carbons (Fsp3) is 0.250. The van der Waals surface area contributed by atoms with Crippen molar-refractivity contribution >= 4 is 5.69 Å². The molecule has 1 N–H and O–H groups in total. The molecule has 0 atom stereocenters. The zero-order valence-corrected chi connectivity index (χ0v) is 10.1. The van der Waals surface area contributed by atoms with E-state index in [0.717, 1.165) is 5.69 Å². The van der Waals surface area contributed by atoms with Crippen LogP contribution in [0.2, 0.25) is 0 Å². The highest BCUT2D eigenvalue weighted by Gasteiger charge is 2.18. The summed E-state index contributed by atoms with van der Waals surface area (Å²) in [5, 5.41) is 6.28. The first-order valence-corrected chi connectivity index (χ1v) is 5.54. The number of nitrogens with zero attached hydrogens (tertiary/aromatic N) is 2. The van der Waals surface area contributed by atoms with E-state index in [1.165, 1.54) is 0 Å². The van der Waals surface area contributed by atoms with Crippen molar-refractivity contribution in [3.63, 3.8) is 0 Å². The Hall–Kier alpha value is -2.05. The molecule has 2 aromatic rings. The second kappa shape index (κ2) is 5.29. The summed E-state index contributed by atoms with van der Waals surface area (Å²) in [4.78, 5) is 0. The van der Waals surface area contributed by atoms with Crippen molar-refractivity contribution < 1.29 is 17.6 Å². The zero-order chi connectivity index (χ0) is 14.0. The van der Waals surface area contributed by atoms with E-state index in [2.05, 4.69) is 10.4 Å². The van der Waals surface area contributed by atoms with Crippen LogP contribution in [0.1, 0.15) is 5.69 Å². The van der Waals surface area contributed by atoms with Gasteiger partial charge in [-0.15, -0.1) is 0 Å². The lowest BCUT2D eigenvalue weighted by atomic mass is 10.2. The molecule has 0 aliphatic carbocycles. The number of aryl methyl sites for hydroxylation is 1. The monoisotopic (exact) mass is 273 g/mol. The molecule has 7 heteroatoms. The van der Waals surface area contributed by atoms with Crippen molar-refractivity contribution in [2.24, 2.45) is 7.05 Å². The van der Waals surface area contributed by atoms with Gasteiger partial charge >= 0.3 is 0 Å². The van der Waals surface area contributed by atoms with Gasteiger partial charge in [-0.05, 0) is 6.07 Å². The zero-order valence-electron chi connectivity index (χ0n) is 10.1. The van der Waals surface area contributed by atoms with E-state index >= 15 is 0 Å². The van der Waals surface area contributed by atoms with Gasteiger partial charge in [0.05, 0.1) is 0 Å². The standard InChI is InChI=1S/C12H11F4N3/c1-19-7(3-5-18-19)2-4-17-12-10(15)8(13)6-9(14)11(12)16/h3,5-6,17H,2,4H2,1H3. The number of halogens is 4. The van der Waals surface area contributed by atoms with Crippen LogP contribution in [-0.2, 0) is 13.5 Å². The topological polar surface area (TPSA) is 29.9 Å². The maximum absolute atomic E-state index is 13.3. The number of anilines is 1. The van der Waals surface area contributed by atoms with Crippen LogP contribution < -0.4 is 5.32 Å². The van der Waals surface area contributed by atoms with Crippen LogP contribution in [0.15, 0.2) is 18.3 Å².